The van der Waals surface area contributed by atoms with Gasteiger partial charge < -0.3 is 10.1 Å². The summed E-state index contributed by atoms with van der Waals surface area (Å²) in [5, 5.41) is 16.7. The second kappa shape index (κ2) is 9.09. The zero-order chi connectivity index (χ0) is 19.9. The predicted octanol–water partition coefficient (Wildman–Crippen LogP) is 3.76. The third-order valence-electron chi connectivity index (χ3n) is 4.03. The van der Waals surface area contributed by atoms with E-state index in [1.54, 1.807) is 23.5 Å². The molecule has 8 heteroatoms. The van der Waals surface area contributed by atoms with Gasteiger partial charge in [-0.1, -0.05) is 36.4 Å². The third kappa shape index (κ3) is 5.14. The maximum absolute atomic E-state index is 11.9. The molecule has 3 aromatic rings. The van der Waals surface area contributed by atoms with E-state index >= 15 is 0 Å². The first-order valence-corrected chi connectivity index (χ1v) is 9.55. The van der Waals surface area contributed by atoms with E-state index in [9.17, 15) is 14.9 Å². The summed E-state index contributed by atoms with van der Waals surface area (Å²) in [6.45, 7) is 2.16. The van der Waals surface area contributed by atoms with E-state index in [1.807, 2.05) is 36.6 Å². The topological polar surface area (TPSA) is 94.4 Å². The van der Waals surface area contributed by atoms with Gasteiger partial charge >= 0.3 is 5.69 Å². The van der Waals surface area contributed by atoms with Crippen molar-refractivity contribution in [1.82, 2.24) is 10.3 Å². The molecule has 1 heterocycles. The fourth-order valence-corrected chi connectivity index (χ4v) is 3.23. The minimum Gasteiger partial charge on any atom is -0.477 e. The lowest BCUT2D eigenvalue weighted by Gasteiger charge is -2.08. The number of hydrogen-bond donors (Lipinski definition) is 1. The van der Waals surface area contributed by atoms with E-state index in [-0.39, 0.29) is 24.0 Å². The number of carbonyl (C=O) groups excluding carboxylic acids is 1. The number of nitrogens with zero attached hydrogens (tertiary/aromatic N) is 2. The van der Waals surface area contributed by atoms with Gasteiger partial charge in [0.25, 0.3) is 5.91 Å². The molecule has 0 saturated heterocycles. The van der Waals surface area contributed by atoms with Gasteiger partial charge in [0.05, 0.1) is 15.6 Å². The summed E-state index contributed by atoms with van der Waals surface area (Å²) < 4.78 is 5.27. The van der Waals surface area contributed by atoms with Gasteiger partial charge in [0.1, 0.15) is 0 Å². The molecule has 0 atom stereocenters. The van der Waals surface area contributed by atoms with Crippen molar-refractivity contribution in [3.05, 3.63) is 74.6 Å². The quantitative estimate of drug-likeness (QED) is 0.461. The van der Waals surface area contributed by atoms with Crippen LogP contribution in [0.4, 0.5) is 5.69 Å². The Kier molecular flexibility index (Phi) is 6.33. The molecule has 0 unspecified atom stereocenters. The van der Waals surface area contributed by atoms with Crippen LogP contribution >= 0.6 is 11.3 Å². The highest BCUT2D eigenvalue weighted by molar-refractivity contribution is 7.09. The molecule has 3 rings (SSSR count). The van der Waals surface area contributed by atoms with Crippen LogP contribution in [0.25, 0.3) is 11.3 Å². The molecular weight excluding hydrogens is 378 g/mol. The van der Waals surface area contributed by atoms with Crippen LogP contribution in [0.1, 0.15) is 10.6 Å². The Morgan fingerprint density at radius 3 is 2.64 bits per heavy atom. The number of carbonyl (C=O) groups is 1. The summed E-state index contributed by atoms with van der Waals surface area (Å²) in [6, 6.07) is 14.0. The first kappa shape index (κ1) is 19.5. The zero-order valence-electron chi connectivity index (χ0n) is 15.3. The van der Waals surface area contributed by atoms with Crippen molar-refractivity contribution in [2.24, 2.45) is 0 Å². The fourth-order valence-electron chi connectivity index (χ4n) is 2.61. The van der Waals surface area contributed by atoms with E-state index < -0.39 is 4.92 Å². The number of aromatic nitrogens is 1. The third-order valence-corrected chi connectivity index (χ3v) is 4.80. The van der Waals surface area contributed by atoms with Crippen molar-refractivity contribution in [3.8, 4) is 17.0 Å². The lowest BCUT2D eigenvalue weighted by atomic mass is 10.1. The van der Waals surface area contributed by atoms with Crippen molar-refractivity contribution in [2.45, 2.75) is 13.3 Å². The fraction of sp³-hybridized carbons (Fsp3) is 0.200. The molecule has 144 valence electrons. The lowest BCUT2D eigenvalue weighted by Crippen LogP contribution is -2.30. The van der Waals surface area contributed by atoms with Gasteiger partial charge in [-0.2, -0.15) is 0 Å². The maximum atomic E-state index is 11.9. The molecule has 1 aromatic heterocycles. The van der Waals surface area contributed by atoms with Gasteiger partial charge in [0, 0.05) is 23.6 Å². The number of nitrogens with one attached hydrogen (secondary N) is 1. The zero-order valence-corrected chi connectivity index (χ0v) is 16.1. The highest BCUT2D eigenvalue weighted by Crippen LogP contribution is 2.25. The minimum absolute atomic E-state index is 0.0792. The standard InChI is InChI=1S/C20H19N3O4S/c1-14-22-17(13-28-14)16-8-6-15(7-9-16)10-11-21-20(24)12-27-19-5-3-2-4-18(19)23(25)26/h2-9,13H,10-12H2,1H3,(H,21,24). The summed E-state index contributed by atoms with van der Waals surface area (Å²) >= 11 is 1.62. The summed E-state index contributed by atoms with van der Waals surface area (Å²) in [6.07, 6.45) is 0.674. The minimum atomic E-state index is -0.538. The number of hydrogen-bond acceptors (Lipinski definition) is 6. The number of rotatable bonds is 8. The van der Waals surface area contributed by atoms with Crippen LogP contribution in [-0.4, -0.2) is 29.0 Å². The van der Waals surface area contributed by atoms with Crippen LogP contribution < -0.4 is 10.1 Å². The summed E-state index contributed by atoms with van der Waals surface area (Å²) in [7, 11) is 0. The Balaban J connectivity index is 1.45. The van der Waals surface area contributed by atoms with Crippen LogP contribution in [-0.2, 0) is 11.2 Å². The van der Waals surface area contributed by atoms with Crippen LogP contribution in [0.3, 0.4) is 0 Å². The van der Waals surface area contributed by atoms with Crippen molar-refractivity contribution in [3.63, 3.8) is 0 Å². The Morgan fingerprint density at radius 1 is 1.21 bits per heavy atom. The van der Waals surface area contributed by atoms with E-state index in [0.717, 1.165) is 21.8 Å². The number of benzene rings is 2. The monoisotopic (exact) mass is 397 g/mol. The highest BCUT2D eigenvalue weighted by Gasteiger charge is 2.14. The summed E-state index contributed by atoms with van der Waals surface area (Å²) in [5.41, 5.74) is 2.96. The van der Waals surface area contributed by atoms with Crippen LogP contribution in [0.5, 0.6) is 5.75 Å². The molecule has 0 aliphatic carbocycles. The number of para-hydroxylation sites is 2. The Labute approximate surface area is 166 Å². The number of thiazole rings is 1. The molecule has 28 heavy (non-hydrogen) atoms. The van der Waals surface area contributed by atoms with E-state index in [1.165, 1.54) is 12.1 Å². The van der Waals surface area contributed by atoms with Crippen molar-refractivity contribution in [1.29, 1.82) is 0 Å². The Bertz CT molecular complexity index is 970. The first-order valence-electron chi connectivity index (χ1n) is 8.67. The van der Waals surface area contributed by atoms with Gasteiger partial charge in [0.15, 0.2) is 12.4 Å². The van der Waals surface area contributed by atoms with Crippen LogP contribution in [0.15, 0.2) is 53.9 Å². The largest absolute Gasteiger partial charge is 0.477 e. The highest BCUT2D eigenvalue weighted by atomic mass is 32.1. The SMILES string of the molecule is Cc1nc(-c2ccc(CCNC(=O)COc3ccccc3[N+](=O)[O-])cc2)cs1. The molecule has 0 spiro atoms. The lowest BCUT2D eigenvalue weighted by molar-refractivity contribution is -0.385. The van der Waals surface area contributed by atoms with E-state index in [4.69, 9.17) is 4.74 Å². The molecule has 2 aromatic carbocycles. The Morgan fingerprint density at radius 2 is 1.96 bits per heavy atom. The Hall–Kier alpha value is -3.26. The van der Waals surface area contributed by atoms with Crippen LogP contribution in [0, 0.1) is 17.0 Å². The summed E-state index contributed by atoms with van der Waals surface area (Å²) in [5.74, 6) is -0.247. The average molecular weight is 397 g/mol. The van der Waals surface area contributed by atoms with Gasteiger partial charge in [-0.25, -0.2) is 4.98 Å². The number of nitro groups is 1. The molecular formula is C20H19N3O4S. The van der Waals surface area contributed by atoms with Crippen LogP contribution in [0.2, 0.25) is 0 Å². The molecule has 0 saturated carbocycles. The van der Waals surface area contributed by atoms with Gasteiger partial charge in [-0.3, -0.25) is 14.9 Å². The molecule has 0 radical (unpaired) electrons. The maximum Gasteiger partial charge on any atom is 0.310 e. The van der Waals surface area contributed by atoms with E-state index in [2.05, 4.69) is 10.3 Å². The number of aryl methyl sites for hydroxylation is 1. The van der Waals surface area contributed by atoms with Gasteiger partial charge in [-0.15, -0.1) is 11.3 Å². The first-order chi connectivity index (χ1) is 13.5. The molecule has 0 fully saturated rings. The molecule has 0 bridgehead atoms. The molecule has 0 aliphatic heterocycles. The normalized spacial score (nSPS) is 10.5. The van der Waals surface area contributed by atoms with Crippen molar-refractivity contribution < 1.29 is 14.5 Å². The number of ether oxygens (including phenoxy) is 1. The van der Waals surface area contributed by atoms with Crippen molar-refractivity contribution in [2.75, 3.05) is 13.2 Å². The average Bonchev–Trinajstić information content (AvgIpc) is 3.13. The van der Waals surface area contributed by atoms with Gasteiger partial charge in [0.2, 0.25) is 0 Å². The molecule has 7 nitrogen and oxygen atoms in total. The molecule has 0 aliphatic rings. The van der Waals surface area contributed by atoms with E-state index in [0.29, 0.717) is 13.0 Å². The van der Waals surface area contributed by atoms with Crippen molar-refractivity contribution >= 4 is 22.9 Å². The number of amides is 1. The predicted molar refractivity (Wildman–Crippen MR) is 108 cm³/mol. The second-order valence-corrected chi connectivity index (χ2v) is 7.12. The van der Waals surface area contributed by atoms with Gasteiger partial charge in [-0.05, 0) is 25.0 Å². The molecule has 1 amide bonds. The second-order valence-electron chi connectivity index (χ2n) is 6.06. The summed E-state index contributed by atoms with van der Waals surface area (Å²) in [4.78, 5) is 26.8. The smallest absolute Gasteiger partial charge is 0.310 e. The number of nitro benzene ring substituents is 1. The molecule has 1 N–H and O–H groups in total.